The van der Waals surface area contributed by atoms with Gasteiger partial charge in [0.15, 0.2) is 34.3 Å². The molecule has 0 unspecified atom stereocenters. The van der Waals surface area contributed by atoms with Crippen molar-refractivity contribution in [3.8, 4) is 17.2 Å². The molecule has 0 radical (unpaired) electrons. The van der Waals surface area contributed by atoms with Crippen molar-refractivity contribution in [1.29, 1.82) is 0 Å². The molecule has 0 aliphatic rings. The van der Waals surface area contributed by atoms with Gasteiger partial charge in [0.25, 0.3) is 0 Å². The lowest BCUT2D eigenvalue weighted by atomic mass is 10.2. The van der Waals surface area contributed by atoms with E-state index in [4.69, 9.17) is 14.2 Å². The lowest BCUT2D eigenvalue weighted by Gasteiger charge is -2.14. The first-order valence-corrected chi connectivity index (χ1v) is 4.56. The summed E-state index contributed by atoms with van der Waals surface area (Å²) < 4.78 is 14.6. The first kappa shape index (κ1) is 13.5. The van der Waals surface area contributed by atoms with Crippen molar-refractivity contribution in [1.82, 2.24) is 0 Å². The zero-order chi connectivity index (χ0) is 13.7. The highest BCUT2D eigenvalue weighted by molar-refractivity contribution is 5.88. The third kappa shape index (κ3) is 1.85. The molecule has 0 N–H and O–H groups in total. The molecule has 1 rings (SSSR count). The fraction of sp³-hybridized carbons (Fsp3) is 0.333. The van der Waals surface area contributed by atoms with Crippen LogP contribution >= 0.6 is 0 Å². The number of nitrogens with zero attached hydrogens (tertiary/aromatic N) is 3. The number of methoxy groups -OCH3 is 3. The van der Waals surface area contributed by atoms with Gasteiger partial charge in [0.1, 0.15) is 0 Å². The highest BCUT2D eigenvalue weighted by atomic mass is 16.5. The van der Waals surface area contributed by atoms with Crippen LogP contribution in [0.2, 0.25) is 0 Å². The zero-order valence-electron chi connectivity index (χ0n) is 9.79. The van der Waals surface area contributed by atoms with Crippen molar-refractivity contribution in [2.45, 2.75) is 0 Å². The summed E-state index contributed by atoms with van der Waals surface area (Å²) in [5.74, 6) is -0.747. The molecule has 0 amide bonds. The van der Waals surface area contributed by atoms with Crippen molar-refractivity contribution in [3.05, 3.63) is 14.7 Å². The van der Waals surface area contributed by atoms with Crippen LogP contribution in [0.15, 0.2) is 15.5 Å². The number of rotatable bonds is 6. The van der Waals surface area contributed by atoms with Crippen LogP contribution in [0, 0.1) is 14.7 Å². The topological polar surface area (TPSA) is 116 Å². The molecule has 96 valence electrons. The van der Waals surface area contributed by atoms with E-state index in [-0.39, 0.29) is 34.3 Å². The smallest absolute Gasteiger partial charge is 0.196 e. The number of nitroso groups, excluding NO2 is 3. The summed E-state index contributed by atoms with van der Waals surface area (Å²) in [6, 6.07) is 0. The molecule has 18 heavy (non-hydrogen) atoms. The SMILES string of the molecule is COc1c(N=O)c(OC)c(N=O)c(OC)c1N=O. The van der Waals surface area contributed by atoms with Crippen LogP contribution in [0.25, 0.3) is 0 Å². The van der Waals surface area contributed by atoms with E-state index in [0.29, 0.717) is 0 Å². The Kier molecular flexibility index (Phi) is 4.24. The average Bonchev–Trinajstić information content (AvgIpc) is 2.43. The summed E-state index contributed by atoms with van der Waals surface area (Å²) in [6.45, 7) is 0. The van der Waals surface area contributed by atoms with Gasteiger partial charge >= 0.3 is 0 Å². The van der Waals surface area contributed by atoms with Crippen molar-refractivity contribution < 1.29 is 14.2 Å². The molecule has 0 saturated carbocycles. The van der Waals surface area contributed by atoms with Gasteiger partial charge in [-0.3, -0.25) is 0 Å². The van der Waals surface area contributed by atoms with Crippen LogP contribution in [-0.2, 0) is 0 Å². The summed E-state index contributed by atoms with van der Waals surface area (Å²) in [7, 11) is 3.60. The van der Waals surface area contributed by atoms with Crippen LogP contribution in [0.5, 0.6) is 17.2 Å². The van der Waals surface area contributed by atoms with Crippen LogP contribution in [-0.4, -0.2) is 21.3 Å². The number of benzene rings is 1. The average molecular weight is 255 g/mol. The molecule has 0 atom stereocenters. The fourth-order valence-electron chi connectivity index (χ4n) is 1.47. The van der Waals surface area contributed by atoms with E-state index in [1.165, 1.54) is 21.3 Å². The van der Waals surface area contributed by atoms with Gasteiger partial charge in [-0.1, -0.05) is 0 Å². The standard InChI is InChI=1S/C9H9N3O6/c1-16-7-4(10-13)8(17-2)6(12-15)9(18-3)5(7)11-14/h1-3H3. The lowest BCUT2D eigenvalue weighted by Crippen LogP contribution is -1.94. The molecule has 0 bridgehead atoms. The second-order valence-electron chi connectivity index (χ2n) is 2.92. The van der Waals surface area contributed by atoms with Gasteiger partial charge in [-0.2, -0.15) is 0 Å². The molecule has 0 spiro atoms. The van der Waals surface area contributed by atoms with Gasteiger partial charge in [0.2, 0.25) is 0 Å². The van der Waals surface area contributed by atoms with Gasteiger partial charge in [-0.15, -0.1) is 14.7 Å². The van der Waals surface area contributed by atoms with Crippen molar-refractivity contribution in [2.24, 2.45) is 15.5 Å². The van der Waals surface area contributed by atoms with Crippen LogP contribution in [0.4, 0.5) is 17.1 Å². The predicted molar refractivity (Wildman–Crippen MR) is 62.5 cm³/mol. The minimum absolute atomic E-state index is 0.249. The quantitative estimate of drug-likeness (QED) is 0.721. The number of hydrogen-bond acceptors (Lipinski definition) is 9. The summed E-state index contributed by atoms with van der Waals surface area (Å²) >= 11 is 0. The summed E-state index contributed by atoms with van der Waals surface area (Å²) in [6.07, 6.45) is 0. The van der Waals surface area contributed by atoms with E-state index in [0.717, 1.165) is 0 Å². The Morgan fingerprint density at radius 3 is 0.944 bits per heavy atom. The summed E-state index contributed by atoms with van der Waals surface area (Å²) in [5, 5.41) is 7.95. The third-order valence-electron chi connectivity index (χ3n) is 2.18. The third-order valence-corrected chi connectivity index (χ3v) is 2.18. The molecule has 1 aromatic rings. The van der Waals surface area contributed by atoms with E-state index in [1.807, 2.05) is 0 Å². The van der Waals surface area contributed by atoms with Gasteiger partial charge < -0.3 is 14.2 Å². The molecule has 0 heterocycles. The Balaban J connectivity index is 3.88. The highest BCUT2D eigenvalue weighted by Crippen LogP contribution is 2.57. The maximum Gasteiger partial charge on any atom is 0.196 e. The zero-order valence-corrected chi connectivity index (χ0v) is 9.79. The molecular formula is C9H9N3O6. The first-order valence-electron chi connectivity index (χ1n) is 4.56. The second kappa shape index (κ2) is 5.66. The van der Waals surface area contributed by atoms with Gasteiger partial charge in [-0.05, 0) is 15.5 Å². The van der Waals surface area contributed by atoms with Gasteiger partial charge in [-0.25, -0.2) is 0 Å². The molecule has 0 aromatic heterocycles. The molecule has 9 nitrogen and oxygen atoms in total. The minimum Gasteiger partial charge on any atom is -0.492 e. The number of hydrogen-bond donors (Lipinski definition) is 0. The summed E-state index contributed by atoms with van der Waals surface area (Å²) in [4.78, 5) is 32.3. The second-order valence-corrected chi connectivity index (χ2v) is 2.92. The number of ether oxygens (including phenoxy) is 3. The highest BCUT2D eigenvalue weighted by Gasteiger charge is 2.29. The van der Waals surface area contributed by atoms with E-state index >= 15 is 0 Å². The monoisotopic (exact) mass is 255 g/mol. The molecule has 0 aliphatic heterocycles. The Labute approximate surface area is 101 Å². The first-order chi connectivity index (χ1) is 8.69. The molecule has 0 saturated heterocycles. The van der Waals surface area contributed by atoms with Crippen LogP contribution in [0.1, 0.15) is 0 Å². The Hall–Kier alpha value is -2.58. The van der Waals surface area contributed by atoms with Crippen molar-refractivity contribution in [2.75, 3.05) is 21.3 Å². The molecule has 9 heteroatoms. The van der Waals surface area contributed by atoms with Crippen LogP contribution in [0.3, 0.4) is 0 Å². The molecular weight excluding hydrogens is 246 g/mol. The minimum atomic E-state index is -0.384. The Bertz CT molecular complexity index is 409. The van der Waals surface area contributed by atoms with Crippen molar-refractivity contribution >= 4 is 17.1 Å². The maximum atomic E-state index is 10.8. The van der Waals surface area contributed by atoms with Crippen molar-refractivity contribution in [3.63, 3.8) is 0 Å². The Morgan fingerprint density at radius 2 is 0.833 bits per heavy atom. The summed E-state index contributed by atoms with van der Waals surface area (Å²) in [5.41, 5.74) is -1.15. The van der Waals surface area contributed by atoms with E-state index in [2.05, 4.69) is 15.5 Å². The Morgan fingerprint density at radius 1 is 0.611 bits per heavy atom. The molecule has 0 aliphatic carbocycles. The van der Waals surface area contributed by atoms with Crippen LogP contribution < -0.4 is 14.2 Å². The lowest BCUT2D eigenvalue weighted by molar-refractivity contribution is 0.381. The maximum absolute atomic E-state index is 10.8. The molecule has 0 fully saturated rings. The molecule has 1 aromatic carbocycles. The predicted octanol–water partition coefficient (Wildman–Crippen LogP) is 2.91. The van der Waals surface area contributed by atoms with Gasteiger partial charge in [0, 0.05) is 0 Å². The van der Waals surface area contributed by atoms with E-state index in [9.17, 15) is 14.7 Å². The van der Waals surface area contributed by atoms with E-state index < -0.39 is 0 Å². The van der Waals surface area contributed by atoms with E-state index in [1.54, 1.807) is 0 Å². The fourth-order valence-corrected chi connectivity index (χ4v) is 1.47. The largest absolute Gasteiger partial charge is 0.492 e. The normalized spacial score (nSPS) is 9.50. The van der Waals surface area contributed by atoms with Gasteiger partial charge in [0.05, 0.1) is 21.3 Å².